The summed E-state index contributed by atoms with van der Waals surface area (Å²) in [7, 11) is 0. The van der Waals surface area contributed by atoms with Crippen molar-refractivity contribution in [2.75, 3.05) is 0 Å². The van der Waals surface area contributed by atoms with Crippen LogP contribution in [0.2, 0.25) is 0 Å². The third-order valence-electron chi connectivity index (χ3n) is 3.37. The van der Waals surface area contributed by atoms with Crippen LogP contribution in [0.3, 0.4) is 0 Å². The molecule has 1 fully saturated rings. The van der Waals surface area contributed by atoms with Crippen LogP contribution in [-0.4, -0.2) is 14.9 Å². The van der Waals surface area contributed by atoms with Crippen molar-refractivity contribution in [1.82, 2.24) is 9.78 Å². The van der Waals surface area contributed by atoms with Gasteiger partial charge in [0.15, 0.2) is 0 Å². The maximum absolute atomic E-state index is 10.6. The standard InChI is InChI=1S/C12H20N2O/c1-3-8-14-11(5-7-13-14)12(15)6-4-10(2)9-12/h5,7,10,15H,3-4,6,8-9H2,1-2H3. The molecule has 0 spiro atoms. The Kier molecular flexibility index (Phi) is 2.83. The first-order valence-electron chi connectivity index (χ1n) is 5.90. The Balaban J connectivity index is 2.24. The zero-order chi connectivity index (χ0) is 10.9. The lowest BCUT2D eigenvalue weighted by atomic mass is 9.96. The largest absolute Gasteiger partial charge is 0.384 e. The number of hydrogen-bond donors (Lipinski definition) is 1. The predicted octanol–water partition coefficient (Wildman–Crippen LogP) is 2.30. The van der Waals surface area contributed by atoms with E-state index in [1.54, 1.807) is 6.20 Å². The van der Waals surface area contributed by atoms with Gasteiger partial charge in [-0.15, -0.1) is 0 Å². The smallest absolute Gasteiger partial charge is 0.106 e. The van der Waals surface area contributed by atoms with Crippen molar-refractivity contribution >= 4 is 0 Å². The third kappa shape index (κ3) is 1.93. The van der Waals surface area contributed by atoms with Crippen molar-refractivity contribution in [3.8, 4) is 0 Å². The molecular weight excluding hydrogens is 188 g/mol. The van der Waals surface area contributed by atoms with Crippen LogP contribution >= 0.6 is 0 Å². The average molecular weight is 208 g/mol. The summed E-state index contributed by atoms with van der Waals surface area (Å²) in [5, 5.41) is 14.8. The summed E-state index contributed by atoms with van der Waals surface area (Å²) in [4.78, 5) is 0. The van der Waals surface area contributed by atoms with E-state index in [4.69, 9.17) is 0 Å². The highest BCUT2D eigenvalue weighted by Gasteiger charge is 2.39. The molecule has 1 saturated carbocycles. The molecule has 2 rings (SSSR count). The quantitative estimate of drug-likeness (QED) is 0.827. The lowest BCUT2D eigenvalue weighted by Crippen LogP contribution is -2.26. The fourth-order valence-corrected chi connectivity index (χ4v) is 2.62. The Labute approximate surface area is 91.1 Å². The maximum atomic E-state index is 10.6. The molecule has 1 aromatic rings. The van der Waals surface area contributed by atoms with E-state index in [0.29, 0.717) is 5.92 Å². The van der Waals surface area contributed by atoms with Gasteiger partial charge in [0.05, 0.1) is 5.69 Å². The zero-order valence-electron chi connectivity index (χ0n) is 9.61. The first-order valence-corrected chi connectivity index (χ1v) is 5.90. The number of nitrogens with zero attached hydrogens (tertiary/aromatic N) is 2. The molecule has 0 saturated heterocycles. The van der Waals surface area contributed by atoms with Gasteiger partial charge in [-0.25, -0.2) is 0 Å². The second-order valence-electron chi connectivity index (χ2n) is 4.82. The lowest BCUT2D eigenvalue weighted by molar-refractivity contribution is 0.0313. The zero-order valence-corrected chi connectivity index (χ0v) is 9.61. The van der Waals surface area contributed by atoms with Crippen LogP contribution < -0.4 is 0 Å². The van der Waals surface area contributed by atoms with E-state index in [2.05, 4.69) is 18.9 Å². The predicted molar refractivity (Wildman–Crippen MR) is 59.4 cm³/mol. The molecule has 1 aromatic heterocycles. The molecule has 0 amide bonds. The lowest BCUT2D eigenvalue weighted by Gasteiger charge is -2.23. The molecule has 3 nitrogen and oxygen atoms in total. The molecule has 0 radical (unpaired) electrons. The highest BCUT2D eigenvalue weighted by Crippen LogP contribution is 2.41. The summed E-state index contributed by atoms with van der Waals surface area (Å²) in [6.45, 7) is 5.24. The van der Waals surface area contributed by atoms with Crippen molar-refractivity contribution < 1.29 is 5.11 Å². The number of aryl methyl sites for hydroxylation is 1. The van der Waals surface area contributed by atoms with Gasteiger partial charge < -0.3 is 5.11 Å². The van der Waals surface area contributed by atoms with E-state index in [-0.39, 0.29) is 0 Å². The van der Waals surface area contributed by atoms with Crippen LogP contribution in [0, 0.1) is 5.92 Å². The van der Waals surface area contributed by atoms with Gasteiger partial charge in [0.25, 0.3) is 0 Å². The van der Waals surface area contributed by atoms with Crippen LogP contribution in [-0.2, 0) is 12.1 Å². The second-order valence-corrected chi connectivity index (χ2v) is 4.82. The molecule has 3 heteroatoms. The topological polar surface area (TPSA) is 38.0 Å². The summed E-state index contributed by atoms with van der Waals surface area (Å²) in [5.74, 6) is 0.625. The molecule has 0 bridgehead atoms. The van der Waals surface area contributed by atoms with Crippen LogP contribution in [0.1, 0.15) is 45.2 Å². The molecule has 15 heavy (non-hydrogen) atoms. The second kappa shape index (κ2) is 3.97. The van der Waals surface area contributed by atoms with E-state index >= 15 is 0 Å². The van der Waals surface area contributed by atoms with E-state index in [1.807, 2.05) is 10.7 Å². The van der Waals surface area contributed by atoms with Crippen molar-refractivity contribution in [3.63, 3.8) is 0 Å². The number of rotatable bonds is 3. The van der Waals surface area contributed by atoms with Crippen LogP contribution in [0.5, 0.6) is 0 Å². The SMILES string of the molecule is CCCn1nccc1C1(O)CCC(C)C1. The van der Waals surface area contributed by atoms with Gasteiger partial charge in [0, 0.05) is 12.7 Å². The molecule has 84 valence electrons. The Morgan fingerprint density at radius 2 is 2.47 bits per heavy atom. The molecule has 0 aromatic carbocycles. The van der Waals surface area contributed by atoms with Crippen LogP contribution in [0.25, 0.3) is 0 Å². The minimum absolute atomic E-state index is 0.620. The molecule has 2 atom stereocenters. The summed E-state index contributed by atoms with van der Waals surface area (Å²) in [6, 6.07) is 1.97. The van der Waals surface area contributed by atoms with Gasteiger partial charge in [-0.05, 0) is 37.7 Å². The Morgan fingerprint density at radius 3 is 3.07 bits per heavy atom. The van der Waals surface area contributed by atoms with Crippen molar-refractivity contribution in [2.24, 2.45) is 5.92 Å². The minimum Gasteiger partial charge on any atom is -0.384 e. The van der Waals surface area contributed by atoms with Gasteiger partial charge in [-0.1, -0.05) is 13.8 Å². The number of hydrogen-bond acceptors (Lipinski definition) is 2. The minimum atomic E-state index is -0.620. The summed E-state index contributed by atoms with van der Waals surface area (Å²) < 4.78 is 1.96. The van der Waals surface area contributed by atoms with Crippen LogP contribution in [0.15, 0.2) is 12.3 Å². The Morgan fingerprint density at radius 1 is 1.67 bits per heavy atom. The highest BCUT2D eigenvalue weighted by molar-refractivity contribution is 5.14. The molecule has 2 unspecified atom stereocenters. The Bertz CT molecular complexity index is 334. The van der Waals surface area contributed by atoms with Gasteiger partial charge in [-0.3, -0.25) is 4.68 Å². The molecule has 0 aliphatic heterocycles. The van der Waals surface area contributed by atoms with E-state index < -0.39 is 5.60 Å². The summed E-state index contributed by atoms with van der Waals surface area (Å²) >= 11 is 0. The summed E-state index contributed by atoms with van der Waals surface area (Å²) in [6.07, 6.45) is 5.73. The average Bonchev–Trinajstić information content (AvgIpc) is 2.75. The molecule has 1 aliphatic carbocycles. The molecular formula is C12H20N2O. The fraction of sp³-hybridized carbons (Fsp3) is 0.750. The molecule has 1 aliphatic rings. The van der Waals surface area contributed by atoms with Gasteiger partial charge >= 0.3 is 0 Å². The van der Waals surface area contributed by atoms with E-state index in [9.17, 15) is 5.11 Å². The highest BCUT2D eigenvalue weighted by atomic mass is 16.3. The van der Waals surface area contributed by atoms with Crippen molar-refractivity contribution in [2.45, 2.75) is 51.7 Å². The maximum Gasteiger partial charge on any atom is 0.106 e. The normalized spacial score (nSPS) is 31.0. The van der Waals surface area contributed by atoms with E-state index in [1.165, 1.54) is 0 Å². The summed E-state index contributed by atoms with van der Waals surface area (Å²) in [5.41, 5.74) is 0.388. The third-order valence-corrected chi connectivity index (χ3v) is 3.37. The number of aromatic nitrogens is 2. The van der Waals surface area contributed by atoms with Crippen LogP contribution in [0.4, 0.5) is 0 Å². The fourth-order valence-electron chi connectivity index (χ4n) is 2.62. The van der Waals surface area contributed by atoms with Gasteiger partial charge in [-0.2, -0.15) is 5.10 Å². The van der Waals surface area contributed by atoms with Gasteiger partial charge in [0.1, 0.15) is 5.60 Å². The first kappa shape index (κ1) is 10.7. The van der Waals surface area contributed by atoms with Crippen molar-refractivity contribution in [3.05, 3.63) is 18.0 Å². The molecule has 1 N–H and O–H groups in total. The van der Waals surface area contributed by atoms with E-state index in [0.717, 1.165) is 37.9 Å². The number of aliphatic hydroxyl groups is 1. The van der Waals surface area contributed by atoms with Gasteiger partial charge in [0.2, 0.25) is 0 Å². The first-order chi connectivity index (χ1) is 7.15. The Hall–Kier alpha value is -0.830. The monoisotopic (exact) mass is 208 g/mol. The molecule has 1 heterocycles. The van der Waals surface area contributed by atoms with Crippen molar-refractivity contribution in [1.29, 1.82) is 0 Å².